The highest BCUT2D eigenvalue weighted by Crippen LogP contribution is 2.30. The SMILES string of the molecule is COC(=O)/C=C(\Nc1ccc(CN(OC)S(=O)(=O)C(F)(F)F)c(Cl)c1)C(=O)OC. The van der Waals surface area contributed by atoms with Crippen LogP contribution in [0.1, 0.15) is 5.56 Å². The molecule has 0 radical (unpaired) electrons. The van der Waals surface area contributed by atoms with Gasteiger partial charge in [0.2, 0.25) is 0 Å². The van der Waals surface area contributed by atoms with Gasteiger partial charge in [-0.1, -0.05) is 22.1 Å². The standard InChI is InChI=1S/C15H16ClF3N2O7S/c1-26-13(22)7-12(14(23)27-2)20-10-5-4-9(11(16)6-10)8-21(28-3)29(24,25)15(17,18)19/h4-7,20H,8H2,1-3H3/b12-7-. The molecule has 0 heterocycles. The second kappa shape index (κ2) is 9.91. The summed E-state index contributed by atoms with van der Waals surface area (Å²) in [6.07, 6.45) is 0.816. The number of alkyl halides is 3. The van der Waals surface area contributed by atoms with Gasteiger partial charge in [-0.25, -0.2) is 18.0 Å². The molecule has 1 rings (SSSR count). The summed E-state index contributed by atoms with van der Waals surface area (Å²) in [5.41, 5.74) is -5.74. The minimum Gasteiger partial charge on any atom is -0.466 e. The molecular formula is C15H16ClF3N2O7S. The van der Waals surface area contributed by atoms with E-state index in [-0.39, 0.29) is 26.4 Å². The molecule has 0 saturated heterocycles. The lowest BCUT2D eigenvalue weighted by Gasteiger charge is -2.21. The Labute approximate surface area is 169 Å². The molecule has 0 aliphatic rings. The number of nitrogens with zero attached hydrogens (tertiary/aromatic N) is 1. The third-order valence-electron chi connectivity index (χ3n) is 3.26. The summed E-state index contributed by atoms with van der Waals surface area (Å²) < 4.78 is 69.6. The number of rotatable bonds is 8. The molecule has 14 heteroatoms. The van der Waals surface area contributed by atoms with Gasteiger partial charge in [0.1, 0.15) is 5.70 Å². The maximum absolute atomic E-state index is 12.7. The van der Waals surface area contributed by atoms with Crippen molar-refractivity contribution in [2.24, 2.45) is 0 Å². The monoisotopic (exact) mass is 460 g/mol. The molecule has 0 bridgehead atoms. The van der Waals surface area contributed by atoms with Crippen LogP contribution < -0.4 is 5.32 Å². The Morgan fingerprint density at radius 1 is 1.21 bits per heavy atom. The Balaban J connectivity index is 3.14. The zero-order valence-corrected chi connectivity index (χ0v) is 16.8. The van der Waals surface area contributed by atoms with E-state index in [0.717, 1.165) is 27.4 Å². The van der Waals surface area contributed by atoms with E-state index in [4.69, 9.17) is 11.6 Å². The third kappa shape index (κ3) is 6.32. The number of carbonyl (C=O) groups excluding carboxylic acids is 2. The molecule has 1 aromatic carbocycles. The first-order valence-electron chi connectivity index (χ1n) is 7.43. The van der Waals surface area contributed by atoms with Crippen molar-refractivity contribution in [2.75, 3.05) is 26.6 Å². The number of ether oxygens (including phenoxy) is 2. The Morgan fingerprint density at radius 3 is 2.28 bits per heavy atom. The summed E-state index contributed by atoms with van der Waals surface area (Å²) in [6, 6.07) is 3.68. The van der Waals surface area contributed by atoms with Gasteiger partial charge in [-0.3, -0.25) is 4.84 Å². The van der Waals surface area contributed by atoms with E-state index in [1.807, 2.05) is 0 Å². The van der Waals surface area contributed by atoms with Crippen LogP contribution in [0.25, 0.3) is 0 Å². The van der Waals surface area contributed by atoms with Crippen LogP contribution in [0, 0.1) is 0 Å². The quantitative estimate of drug-likeness (QED) is 0.357. The molecule has 1 N–H and O–H groups in total. The number of sulfonamides is 1. The third-order valence-corrected chi connectivity index (χ3v) is 5.02. The highest BCUT2D eigenvalue weighted by molar-refractivity contribution is 7.89. The van der Waals surface area contributed by atoms with Crippen molar-refractivity contribution >= 4 is 39.3 Å². The number of esters is 2. The lowest BCUT2D eigenvalue weighted by atomic mass is 10.2. The van der Waals surface area contributed by atoms with Gasteiger partial charge in [0, 0.05) is 10.7 Å². The summed E-state index contributed by atoms with van der Waals surface area (Å²) in [4.78, 5) is 27.4. The zero-order valence-electron chi connectivity index (χ0n) is 15.2. The average molecular weight is 461 g/mol. The molecule has 0 spiro atoms. The van der Waals surface area contributed by atoms with Crippen LogP contribution in [0.15, 0.2) is 30.0 Å². The van der Waals surface area contributed by atoms with Gasteiger partial charge in [-0.05, 0) is 17.7 Å². The maximum Gasteiger partial charge on any atom is 0.513 e. The van der Waals surface area contributed by atoms with Crippen LogP contribution in [0.2, 0.25) is 5.02 Å². The molecule has 0 amide bonds. The second-order valence-electron chi connectivity index (χ2n) is 5.10. The molecule has 0 aromatic heterocycles. The van der Waals surface area contributed by atoms with E-state index >= 15 is 0 Å². The van der Waals surface area contributed by atoms with Crippen LogP contribution in [0.3, 0.4) is 0 Å². The van der Waals surface area contributed by atoms with Gasteiger partial charge in [0.15, 0.2) is 0 Å². The van der Waals surface area contributed by atoms with Gasteiger partial charge < -0.3 is 14.8 Å². The van der Waals surface area contributed by atoms with E-state index in [1.54, 1.807) is 0 Å². The van der Waals surface area contributed by atoms with E-state index in [2.05, 4.69) is 19.6 Å². The number of anilines is 1. The molecule has 162 valence electrons. The average Bonchev–Trinajstić information content (AvgIpc) is 2.64. The molecule has 9 nitrogen and oxygen atoms in total. The predicted octanol–water partition coefficient (Wildman–Crippen LogP) is 2.19. The van der Waals surface area contributed by atoms with Crippen molar-refractivity contribution in [3.05, 3.63) is 40.6 Å². The molecular weight excluding hydrogens is 445 g/mol. The molecule has 0 saturated carbocycles. The van der Waals surface area contributed by atoms with Crippen LogP contribution in [-0.4, -0.2) is 51.7 Å². The van der Waals surface area contributed by atoms with Crippen molar-refractivity contribution in [3.8, 4) is 0 Å². The number of hydroxylamine groups is 1. The second-order valence-corrected chi connectivity index (χ2v) is 7.33. The fraction of sp³-hybridized carbons (Fsp3) is 0.333. The Morgan fingerprint density at radius 2 is 1.83 bits per heavy atom. The number of hydrogen-bond acceptors (Lipinski definition) is 8. The van der Waals surface area contributed by atoms with E-state index < -0.39 is 34.0 Å². The lowest BCUT2D eigenvalue weighted by Crippen LogP contribution is -2.39. The van der Waals surface area contributed by atoms with Gasteiger partial charge in [0.25, 0.3) is 0 Å². The smallest absolute Gasteiger partial charge is 0.466 e. The van der Waals surface area contributed by atoms with E-state index in [9.17, 15) is 31.2 Å². The molecule has 0 unspecified atom stereocenters. The number of methoxy groups -OCH3 is 2. The van der Waals surface area contributed by atoms with Crippen molar-refractivity contribution < 1.29 is 45.5 Å². The minimum absolute atomic E-state index is 0.0246. The van der Waals surface area contributed by atoms with Gasteiger partial charge in [-0.15, -0.1) is 0 Å². The summed E-state index contributed by atoms with van der Waals surface area (Å²) in [5.74, 6) is -1.76. The molecule has 1 aromatic rings. The molecule has 0 fully saturated rings. The van der Waals surface area contributed by atoms with Crippen LogP contribution >= 0.6 is 11.6 Å². The van der Waals surface area contributed by atoms with Crippen molar-refractivity contribution in [3.63, 3.8) is 0 Å². The van der Waals surface area contributed by atoms with Crippen LogP contribution in [0.4, 0.5) is 18.9 Å². The number of halogens is 4. The van der Waals surface area contributed by atoms with Crippen molar-refractivity contribution in [2.45, 2.75) is 12.1 Å². The van der Waals surface area contributed by atoms with Crippen molar-refractivity contribution in [1.82, 2.24) is 4.47 Å². The topological polar surface area (TPSA) is 111 Å². The van der Waals surface area contributed by atoms with Crippen LogP contribution in [0.5, 0.6) is 0 Å². The fourth-order valence-corrected chi connectivity index (χ4v) is 2.82. The van der Waals surface area contributed by atoms with E-state index in [0.29, 0.717) is 0 Å². The first-order valence-corrected chi connectivity index (χ1v) is 9.25. The highest BCUT2D eigenvalue weighted by atomic mass is 35.5. The Hall–Kier alpha value is -2.35. The molecule has 29 heavy (non-hydrogen) atoms. The van der Waals surface area contributed by atoms with Gasteiger partial charge >= 0.3 is 27.5 Å². The number of benzene rings is 1. The molecule has 0 atom stereocenters. The zero-order chi connectivity index (χ0) is 22.4. The van der Waals surface area contributed by atoms with Crippen LogP contribution in [-0.2, 0) is 40.5 Å². The normalized spacial score (nSPS) is 12.6. The molecule has 0 aliphatic heterocycles. The maximum atomic E-state index is 12.7. The van der Waals surface area contributed by atoms with Gasteiger partial charge in [-0.2, -0.15) is 13.2 Å². The number of carbonyl (C=O) groups is 2. The number of nitrogens with one attached hydrogen (secondary N) is 1. The summed E-state index contributed by atoms with van der Waals surface area (Å²) >= 11 is 6.00. The molecule has 0 aliphatic carbocycles. The first-order chi connectivity index (χ1) is 13.4. The van der Waals surface area contributed by atoms with Crippen molar-refractivity contribution in [1.29, 1.82) is 0 Å². The lowest BCUT2D eigenvalue weighted by molar-refractivity contribution is -0.138. The summed E-state index contributed by atoms with van der Waals surface area (Å²) in [6.45, 7) is -0.834. The summed E-state index contributed by atoms with van der Waals surface area (Å²) in [7, 11) is -2.82. The first kappa shape index (κ1) is 24.7. The Kier molecular flexibility index (Phi) is 8.44. The largest absolute Gasteiger partial charge is 0.513 e. The van der Waals surface area contributed by atoms with E-state index in [1.165, 1.54) is 18.2 Å². The highest BCUT2D eigenvalue weighted by Gasteiger charge is 2.50. The number of hydrogen-bond donors (Lipinski definition) is 1. The Bertz CT molecular complexity index is 904. The van der Waals surface area contributed by atoms with Gasteiger partial charge in [0.05, 0.1) is 34.0 Å². The fourth-order valence-electron chi connectivity index (χ4n) is 1.84. The predicted molar refractivity (Wildman–Crippen MR) is 94.7 cm³/mol. The minimum atomic E-state index is -5.75. The summed E-state index contributed by atoms with van der Waals surface area (Å²) in [5, 5.41) is 2.40.